The number of hydrogen-bond donors (Lipinski definition) is 1. The summed E-state index contributed by atoms with van der Waals surface area (Å²) in [6.45, 7) is 0.924. The maximum absolute atomic E-state index is 5.44. The third kappa shape index (κ3) is 3.37. The van der Waals surface area contributed by atoms with E-state index in [4.69, 9.17) is 4.52 Å². The highest BCUT2D eigenvalue weighted by molar-refractivity contribution is 7.09. The lowest BCUT2D eigenvalue weighted by Gasteiger charge is -2.05. The second-order valence-corrected chi connectivity index (χ2v) is 5.81. The van der Waals surface area contributed by atoms with Crippen LogP contribution in [0.15, 0.2) is 46.3 Å². The first kappa shape index (κ1) is 14.0. The van der Waals surface area contributed by atoms with E-state index in [-0.39, 0.29) is 0 Å². The van der Waals surface area contributed by atoms with E-state index < -0.39 is 0 Å². The molecule has 0 aliphatic rings. The van der Waals surface area contributed by atoms with Gasteiger partial charge in [0.05, 0.1) is 0 Å². The fourth-order valence-electron chi connectivity index (χ4n) is 2.21. The van der Waals surface area contributed by atoms with Crippen molar-refractivity contribution < 1.29 is 4.52 Å². The van der Waals surface area contributed by atoms with Crippen LogP contribution in [0.1, 0.15) is 16.3 Å². The van der Waals surface area contributed by atoms with E-state index in [2.05, 4.69) is 33.0 Å². The van der Waals surface area contributed by atoms with Crippen LogP contribution in [0, 0.1) is 0 Å². The predicted molar refractivity (Wildman–Crippen MR) is 84.5 cm³/mol. The summed E-state index contributed by atoms with van der Waals surface area (Å²) in [6, 6.07) is 12.3. The number of nitrogens with one attached hydrogen (secondary N) is 1. The third-order valence-electron chi connectivity index (χ3n) is 3.27. The van der Waals surface area contributed by atoms with Crippen LogP contribution in [0.3, 0.4) is 0 Å². The van der Waals surface area contributed by atoms with Gasteiger partial charge in [-0.1, -0.05) is 29.4 Å². The average molecular weight is 299 g/mol. The Kier molecular flexibility index (Phi) is 4.43. The van der Waals surface area contributed by atoms with Gasteiger partial charge in [0.25, 0.3) is 5.89 Å². The van der Waals surface area contributed by atoms with Gasteiger partial charge in [-0.25, -0.2) is 0 Å². The zero-order chi connectivity index (χ0) is 14.5. The average Bonchev–Trinajstić information content (AvgIpc) is 3.18. The Labute approximate surface area is 127 Å². The van der Waals surface area contributed by atoms with E-state index in [1.807, 2.05) is 31.3 Å². The molecule has 4 nitrogen and oxygen atoms in total. The molecule has 0 amide bonds. The van der Waals surface area contributed by atoms with Crippen molar-refractivity contribution in [2.24, 2.45) is 0 Å². The standard InChI is InChI=1S/C16H17N3OS/c1-17-9-8-12-5-2-3-7-14(12)16-18-15(19-20-16)11-13-6-4-10-21-13/h2-7,10,17H,8-9,11H2,1H3. The molecule has 3 rings (SSSR count). The molecule has 21 heavy (non-hydrogen) atoms. The highest BCUT2D eigenvalue weighted by Gasteiger charge is 2.13. The second-order valence-electron chi connectivity index (χ2n) is 4.78. The molecule has 0 radical (unpaired) electrons. The molecular formula is C16H17N3OS. The first-order chi connectivity index (χ1) is 10.4. The van der Waals surface area contributed by atoms with Crippen molar-refractivity contribution in [1.82, 2.24) is 15.5 Å². The van der Waals surface area contributed by atoms with Crippen LogP contribution in [0.2, 0.25) is 0 Å². The molecule has 0 saturated carbocycles. The molecule has 5 heteroatoms. The largest absolute Gasteiger partial charge is 0.334 e. The second kappa shape index (κ2) is 6.65. The van der Waals surface area contributed by atoms with Gasteiger partial charge in [-0.05, 0) is 43.1 Å². The summed E-state index contributed by atoms with van der Waals surface area (Å²) in [4.78, 5) is 5.77. The third-order valence-corrected chi connectivity index (χ3v) is 4.15. The first-order valence-electron chi connectivity index (χ1n) is 6.94. The fraction of sp³-hybridized carbons (Fsp3) is 0.250. The molecular weight excluding hydrogens is 282 g/mol. The van der Waals surface area contributed by atoms with Gasteiger partial charge in [-0.2, -0.15) is 4.98 Å². The van der Waals surface area contributed by atoms with Crippen LogP contribution >= 0.6 is 11.3 Å². The lowest BCUT2D eigenvalue weighted by Crippen LogP contribution is -2.10. The van der Waals surface area contributed by atoms with Crippen molar-refractivity contribution >= 4 is 11.3 Å². The molecule has 0 unspecified atom stereocenters. The Bertz CT molecular complexity index is 691. The van der Waals surface area contributed by atoms with Crippen LogP contribution in [0.25, 0.3) is 11.5 Å². The lowest BCUT2D eigenvalue weighted by atomic mass is 10.0. The maximum atomic E-state index is 5.44. The number of rotatable bonds is 6. The van der Waals surface area contributed by atoms with Crippen molar-refractivity contribution in [3.05, 3.63) is 58.0 Å². The lowest BCUT2D eigenvalue weighted by molar-refractivity contribution is 0.423. The van der Waals surface area contributed by atoms with Gasteiger partial charge in [0.15, 0.2) is 5.82 Å². The van der Waals surface area contributed by atoms with Crippen LogP contribution < -0.4 is 5.32 Å². The monoisotopic (exact) mass is 299 g/mol. The van der Waals surface area contributed by atoms with Crippen molar-refractivity contribution in [2.45, 2.75) is 12.8 Å². The van der Waals surface area contributed by atoms with Crippen molar-refractivity contribution in [2.75, 3.05) is 13.6 Å². The molecule has 2 aromatic heterocycles. The summed E-state index contributed by atoms with van der Waals surface area (Å²) < 4.78 is 5.44. The Morgan fingerprint density at radius 3 is 2.90 bits per heavy atom. The van der Waals surface area contributed by atoms with E-state index in [0.717, 1.165) is 30.8 Å². The quantitative estimate of drug-likeness (QED) is 0.759. The summed E-state index contributed by atoms with van der Waals surface area (Å²) in [7, 11) is 1.95. The molecule has 0 spiro atoms. The number of nitrogens with zero attached hydrogens (tertiary/aromatic N) is 2. The Morgan fingerprint density at radius 2 is 2.10 bits per heavy atom. The maximum Gasteiger partial charge on any atom is 0.258 e. The SMILES string of the molecule is CNCCc1ccccc1-c1nc(Cc2cccs2)no1. The Hall–Kier alpha value is -1.98. The minimum absolute atomic E-state index is 0.605. The molecule has 0 fully saturated rings. The summed E-state index contributed by atoms with van der Waals surface area (Å²) >= 11 is 1.71. The number of benzene rings is 1. The minimum Gasteiger partial charge on any atom is -0.334 e. The number of hydrogen-bond acceptors (Lipinski definition) is 5. The van der Waals surface area contributed by atoms with E-state index in [9.17, 15) is 0 Å². The number of aromatic nitrogens is 2. The smallest absolute Gasteiger partial charge is 0.258 e. The van der Waals surface area contributed by atoms with Gasteiger partial charge in [0, 0.05) is 16.9 Å². The molecule has 1 aromatic carbocycles. The fourth-order valence-corrected chi connectivity index (χ4v) is 2.91. The molecule has 1 N–H and O–H groups in total. The summed E-state index contributed by atoms with van der Waals surface area (Å²) in [5, 5.41) is 9.32. The summed E-state index contributed by atoms with van der Waals surface area (Å²) in [5.74, 6) is 1.34. The summed E-state index contributed by atoms with van der Waals surface area (Å²) in [5.41, 5.74) is 2.25. The van der Waals surface area contributed by atoms with Gasteiger partial charge >= 0.3 is 0 Å². The van der Waals surface area contributed by atoms with E-state index in [1.54, 1.807) is 11.3 Å². The van der Waals surface area contributed by atoms with E-state index >= 15 is 0 Å². The highest BCUT2D eigenvalue weighted by atomic mass is 32.1. The molecule has 108 valence electrons. The molecule has 3 aromatic rings. The normalized spacial score (nSPS) is 10.9. The first-order valence-corrected chi connectivity index (χ1v) is 7.82. The van der Waals surface area contributed by atoms with Crippen molar-refractivity contribution in [3.8, 4) is 11.5 Å². The molecule has 0 atom stereocenters. The molecule has 0 aliphatic heterocycles. The van der Waals surface area contributed by atoms with Crippen LogP contribution in [0.5, 0.6) is 0 Å². The Morgan fingerprint density at radius 1 is 1.19 bits per heavy atom. The van der Waals surface area contributed by atoms with E-state index in [1.165, 1.54) is 10.4 Å². The highest BCUT2D eigenvalue weighted by Crippen LogP contribution is 2.23. The van der Waals surface area contributed by atoms with Gasteiger partial charge in [0.2, 0.25) is 0 Å². The number of thiophene rings is 1. The Balaban J connectivity index is 1.82. The van der Waals surface area contributed by atoms with Crippen LogP contribution in [-0.2, 0) is 12.8 Å². The zero-order valence-electron chi connectivity index (χ0n) is 11.9. The van der Waals surface area contributed by atoms with Gasteiger partial charge < -0.3 is 9.84 Å². The van der Waals surface area contributed by atoms with Crippen molar-refractivity contribution in [1.29, 1.82) is 0 Å². The zero-order valence-corrected chi connectivity index (χ0v) is 12.7. The number of likely N-dealkylation sites (N-methyl/N-ethyl adjacent to an activating group) is 1. The van der Waals surface area contributed by atoms with Crippen LogP contribution in [0.4, 0.5) is 0 Å². The molecule has 2 heterocycles. The van der Waals surface area contributed by atoms with Gasteiger partial charge in [-0.3, -0.25) is 0 Å². The summed E-state index contributed by atoms with van der Waals surface area (Å²) in [6.07, 6.45) is 1.66. The van der Waals surface area contributed by atoms with E-state index in [0.29, 0.717) is 5.89 Å². The molecule has 0 saturated heterocycles. The minimum atomic E-state index is 0.605. The topological polar surface area (TPSA) is 51.0 Å². The van der Waals surface area contributed by atoms with Gasteiger partial charge in [-0.15, -0.1) is 11.3 Å². The van der Waals surface area contributed by atoms with Crippen molar-refractivity contribution in [3.63, 3.8) is 0 Å². The predicted octanol–water partition coefficient (Wildman–Crippen LogP) is 3.15. The molecule has 0 bridgehead atoms. The van der Waals surface area contributed by atoms with Gasteiger partial charge in [0.1, 0.15) is 0 Å². The molecule has 0 aliphatic carbocycles. The van der Waals surface area contributed by atoms with Crippen LogP contribution in [-0.4, -0.2) is 23.7 Å².